The van der Waals surface area contributed by atoms with Gasteiger partial charge in [0.2, 0.25) is 5.91 Å². The van der Waals surface area contributed by atoms with Crippen molar-refractivity contribution in [1.29, 1.82) is 0 Å². The first-order valence-electron chi connectivity index (χ1n) is 5.61. The zero-order valence-electron chi connectivity index (χ0n) is 10.6. The van der Waals surface area contributed by atoms with Crippen LogP contribution in [-0.4, -0.2) is 11.8 Å². The minimum atomic E-state index is -0.481. The minimum absolute atomic E-state index is 0.101. The maximum Gasteiger partial charge on any atom is 0.251 e. The number of hydrogen-bond acceptors (Lipinski definition) is 3. The molecular formula is C12H18N2O2S. The number of primary amides is 1. The summed E-state index contributed by atoms with van der Waals surface area (Å²) < 4.78 is 0. The van der Waals surface area contributed by atoms with Crippen LogP contribution in [0.2, 0.25) is 0 Å². The molecule has 0 bridgehead atoms. The minimum Gasteiger partial charge on any atom is -0.365 e. The van der Waals surface area contributed by atoms with Crippen molar-refractivity contribution in [2.24, 2.45) is 11.7 Å². The third-order valence-corrected chi connectivity index (χ3v) is 3.63. The summed E-state index contributed by atoms with van der Waals surface area (Å²) in [6, 6.07) is 0. The Kier molecular flexibility index (Phi) is 4.28. The molecule has 0 unspecified atom stereocenters. The van der Waals surface area contributed by atoms with Crippen LogP contribution in [0.4, 0.5) is 5.00 Å². The molecule has 1 aromatic heterocycles. The summed E-state index contributed by atoms with van der Waals surface area (Å²) in [7, 11) is 0. The van der Waals surface area contributed by atoms with Gasteiger partial charge < -0.3 is 11.1 Å². The van der Waals surface area contributed by atoms with Crippen LogP contribution in [0, 0.1) is 12.8 Å². The molecule has 0 atom stereocenters. The van der Waals surface area contributed by atoms with Gasteiger partial charge in [-0.25, -0.2) is 0 Å². The SMILES string of the molecule is CCc1c(C)sc(NC(=O)C(C)C)c1C(N)=O. The molecule has 17 heavy (non-hydrogen) atoms. The second-order valence-electron chi connectivity index (χ2n) is 4.20. The van der Waals surface area contributed by atoms with Crippen molar-refractivity contribution in [3.8, 4) is 0 Å². The van der Waals surface area contributed by atoms with E-state index in [1.807, 2.05) is 13.8 Å². The predicted octanol–water partition coefficient (Wildman–Crippen LogP) is 2.31. The fourth-order valence-corrected chi connectivity index (χ4v) is 2.76. The molecule has 94 valence electrons. The smallest absolute Gasteiger partial charge is 0.251 e. The third kappa shape index (κ3) is 2.85. The van der Waals surface area contributed by atoms with Crippen LogP contribution in [0.1, 0.15) is 41.6 Å². The molecule has 1 heterocycles. The highest BCUT2D eigenvalue weighted by Crippen LogP contribution is 2.33. The van der Waals surface area contributed by atoms with Crippen LogP contribution in [0.3, 0.4) is 0 Å². The Bertz CT molecular complexity index is 450. The van der Waals surface area contributed by atoms with Crippen LogP contribution >= 0.6 is 11.3 Å². The van der Waals surface area contributed by atoms with Crippen LogP contribution in [0.25, 0.3) is 0 Å². The van der Waals surface area contributed by atoms with Gasteiger partial charge in [0.25, 0.3) is 5.91 Å². The van der Waals surface area contributed by atoms with E-state index >= 15 is 0 Å². The molecular weight excluding hydrogens is 236 g/mol. The lowest BCUT2D eigenvalue weighted by molar-refractivity contribution is -0.118. The van der Waals surface area contributed by atoms with Gasteiger partial charge in [0, 0.05) is 10.8 Å². The van der Waals surface area contributed by atoms with E-state index < -0.39 is 5.91 Å². The molecule has 3 N–H and O–H groups in total. The monoisotopic (exact) mass is 254 g/mol. The summed E-state index contributed by atoms with van der Waals surface area (Å²) >= 11 is 1.41. The van der Waals surface area contributed by atoms with Gasteiger partial charge in [-0.05, 0) is 18.9 Å². The molecule has 0 saturated carbocycles. The number of thiophene rings is 1. The maximum absolute atomic E-state index is 11.6. The molecule has 0 aromatic carbocycles. The van der Waals surface area contributed by atoms with E-state index in [0.717, 1.165) is 16.9 Å². The van der Waals surface area contributed by atoms with Crippen molar-refractivity contribution in [2.75, 3.05) is 5.32 Å². The number of carbonyl (C=O) groups is 2. The number of hydrogen-bond donors (Lipinski definition) is 2. The van der Waals surface area contributed by atoms with E-state index in [0.29, 0.717) is 10.6 Å². The lowest BCUT2D eigenvalue weighted by Crippen LogP contribution is -2.20. The Morgan fingerprint density at radius 2 is 2.00 bits per heavy atom. The summed E-state index contributed by atoms with van der Waals surface area (Å²) in [5.41, 5.74) is 6.77. The first-order valence-corrected chi connectivity index (χ1v) is 6.43. The van der Waals surface area contributed by atoms with Crippen molar-refractivity contribution >= 4 is 28.2 Å². The number of carbonyl (C=O) groups excluding carboxylic acids is 2. The van der Waals surface area contributed by atoms with Crippen molar-refractivity contribution in [3.63, 3.8) is 0 Å². The molecule has 0 aliphatic carbocycles. The average Bonchev–Trinajstić information content (AvgIpc) is 2.53. The maximum atomic E-state index is 11.6. The van der Waals surface area contributed by atoms with Gasteiger partial charge in [0.15, 0.2) is 0 Å². The first kappa shape index (κ1) is 13.7. The summed E-state index contributed by atoms with van der Waals surface area (Å²) in [5.74, 6) is -0.704. The van der Waals surface area contributed by atoms with E-state index in [1.165, 1.54) is 11.3 Å². The van der Waals surface area contributed by atoms with Gasteiger partial charge in [-0.2, -0.15) is 0 Å². The molecule has 5 heteroatoms. The van der Waals surface area contributed by atoms with Gasteiger partial charge in [-0.1, -0.05) is 20.8 Å². The summed E-state index contributed by atoms with van der Waals surface area (Å²) in [6.45, 7) is 7.51. The highest BCUT2D eigenvalue weighted by Gasteiger charge is 2.21. The van der Waals surface area contributed by atoms with Gasteiger partial charge in [-0.3, -0.25) is 9.59 Å². The number of rotatable bonds is 4. The second kappa shape index (κ2) is 5.31. The van der Waals surface area contributed by atoms with Crippen LogP contribution in [-0.2, 0) is 11.2 Å². The van der Waals surface area contributed by atoms with Crippen molar-refractivity contribution in [1.82, 2.24) is 0 Å². The van der Waals surface area contributed by atoms with E-state index in [1.54, 1.807) is 13.8 Å². The van der Waals surface area contributed by atoms with Gasteiger partial charge in [0.1, 0.15) is 5.00 Å². The lowest BCUT2D eigenvalue weighted by Gasteiger charge is -2.07. The Balaban J connectivity index is 3.16. The summed E-state index contributed by atoms with van der Waals surface area (Å²) in [5, 5.41) is 3.34. The van der Waals surface area contributed by atoms with Crippen LogP contribution < -0.4 is 11.1 Å². The Morgan fingerprint density at radius 1 is 1.41 bits per heavy atom. The molecule has 1 rings (SSSR count). The van der Waals surface area contributed by atoms with Gasteiger partial charge in [-0.15, -0.1) is 11.3 Å². The van der Waals surface area contributed by atoms with E-state index in [-0.39, 0.29) is 11.8 Å². The fourth-order valence-electron chi connectivity index (χ4n) is 1.61. The molecule has 4 nitrogen and oxygen atoms in total. The van der Waals surface area contributed by atoms with Crippen LogP contribution in [0.15, 0.2) is 0 Å². The van der Waals surface area contributed by atoms with E-state index in [4.69, 9.17) is 5.73 Å². The number of aryl methyl sites for hydroxylation is 1. The third-order valence-electron chi connectivity index (χ3n) is 2.57. The first-order chi connectivity index (χ1) is 7.88. The summed E-state index contributed by atoms with van der Waals surface area (Å²) in [6.07, 6.45) is 0.734. The Morgan fingerprint density at radius 3 is 2.41 bits per heavy atom. The number of anilines is 1. The molecule has 0 spiro atoms. The molecule has 0 radical (unpaired) electrons. The van der Waals surface area contributed by atoms with Crippen molar-refractivity contribution in [2.45, 2.75) is 34.1 Å². The normalized spacial score (nSPS) is 10.6. The Labute approximate surface area is 105 Å². The number of nitrogens with two attached hydrogens (primary N) is 1. The van der Waals surface area contributed by atoms with Crippen LogP contribution in [0.5, 0.6) is 0 Å². The van der Waals surface area contributed by atoms with Crippen molar-refractivity contribution in [3.05, 3.63) is 16.0 Å². The zero-order valence-corrected chi connectivity index (χ0v) is 11.4. The molecule has 0 aliphatic rings. The quantitative estimate of drug-likeness (QED) is 0.865. The van der Waals surface area contributed by atoms with E-state index in [9.17, 15) is 9.59 Å². The zero-order chi connectivity index (χ0) is 13.2. The predicted molar refractivity (Wildman–Crippen MR) is 70.4 cm³/mol. The molecule has 0 aliphatic heterocycles. The van der Waals surface area contributed by atoms with Gasteiger partial charge in [0.05, 0.1) is 5.56 Å². The average molecular weight is 254 g/mol. The van der Waals surface area contributed by atoms with Crippen molar-refractivity contribution < 1.29 is 9.59 Å². The topological polar surface area (TPSA) is 72.2 Å². The lowest BCUT2D eigenvalue weighted by atomic mass is 10.1. The standard InChI is InChI=1S/C12H18N2O2S/c1-5-8-7(4)17-12(9(8)10(13)15)14-11(16)6(2)3/h6H,5H2,1-4H3,(H2,13,15)(H,14,16). The highest BCUT2D eigenvalue weighted by atomic mass is 32.1. The van der Waals surface area contributed by atoms with Gasteiger partial charge >= 0.3 is 0 Å². The fraction of sp³-hybridized carbons (Fsp3) is 0.500. The molecule has 1 aromatic rings. The molecule has 2 amide bonds. The highest BCUT2D eigenvalue weighted by molar-refractivity contribution is 7.16. The molecule has 0 fully saturated rings. The number of amides is 2. The Hall–Kier alpha value is -1.36. The number of nitrogens with one attached hydrogen (secondary N) is 1. The van der Waals surface area contributed by atoms with E-state index in [2.05, 4.69) is 5.32 Å². The second-order valence-corrected chi connectivity index (χ2v) is 5.43. The molecule has 0 saturated heterocycles. The summed E-state index contributed by atoms with van der Waals surface area (Å²) in [4.78, 5) is 24.1. The largest absolute Gasteiger partial charge is 0.365 e.